The molecule has 0 aliphatic carbocycles. The van der Waals surface area contributed by atoms with Crippen LogP contribution in [0.4, 0.5) is 5.69 Å². The van der Waals surface area contributed by atoms with Gasteiger partial charge in [0.25, 0.3) is 5.69 Å². The normalized spacial score (nSPS) is 13.6. The number of nitro groups is 1. The third kappa shape index (κ3) is 4.49. The number of nitrogens with zero attached hydrogens (tertiary/aromatic N) is 1. The van der Waals surface area contributed by atoms with Crippen LogP contribution in [0.25, 0.3) is 0 Å². The van der Waals surface area contributed by atoms with Crippen molar-refractivity contribution in [1.29, 1.82) is 0 Å². The average Bonchev–Trinajstić information content (AvgIpc) is 2.27. The van der Waals surface area contributed by atoms with E-state index < -0.39 is 16.4 Å². The number of aliphatic carboxylic acids is 1. The smallest absolute Gasteiger partial charge is 0.323 e. The van der Waals surface area contributed by atoms with Gasteiger partial charge in [0.1, 0.15) is 11.3 Å². The summed E-state index contributed by atoms with van der Waals surface area (Å²) in [4.78, 5) is 20.9. The summed E-state index contributed by atoms with van der Waals surface area (Å²) in [5.74, 6) is -0.849. The Morgan fingerprint density at radius 3 is 2.74 bits per heavy atom. The molecule has 19 heavy (non-hydrogen) atoms. The molecule has 8 heteroatoms. The van der Waals surface area contributed by atoms with Crippen molar-refractivity contribution in [3.05, 3.63) is 32.8 Å². The average molecular weight is 333 g/mol. The van der Waals surface area contributed by atoms with Crippen LogP contribution in [-0.2, 0) is 4.79 Å². The van der Waals surface area contributed by atoms with Crippen molar-refractivity contribution in [3.63, 3.8) is 0 Å². The van der Waals surface area contributed by atoms with E-state index in [1.54, 1.807) is 6.07 Å². The highest BCUT2D eigenvalue weighted by Gasteiger charge is 2.27. The van der Waals surface area contributed by atoms with Crippen molar-refractivity contribution in [2.45, 2.75) is 18.9 Å². The van der Waals surface area contributed by atoms with Crippen LogP contribution in [0.5, 0.6) is 5.75 Å². The zero-order chi connectivity index (χ0) is 14.6. The summed E-state index contributed by atoms with van der Waals surface area (Å²) in [5.41, 5.74) is 4.03. The van der Waals surface area contributed by atoms with Crippen LogP contribution in [0.3, 0.4) is 0 Å². The summed E-state index contributed by atoms with van der Waals surface area (Å²) in [5, 5.41) is 19.5. The lowest BCUT2D eigenvalue weighted by Crippen LogP contribution is -2.45. The summed E-state index contributed by atoms with van der Waals surface area (Å²) in [6.07, 6.45) is 0.0860. The van der Waals surface area contributed by atoms with Gasteiger partial charge in [-0.15, -0.1) is 0 Å². The van der Waals surface area contributed by atoms with E-state index in [-0.39, 0.29) is 24.5 Å². The van der Waals surface area contributed by atoms with Crippen molar-refractivity contribution in [2.75, 3.05) is 6.61 Å². The van der Waals surface area contributed by atoms with Crippen molar-refractivity contribution < 1.29 is 19.6 Å². The Morgan fingerprint density at radius 1 is 1.58 bits per heavy atom. The van der Waals surface area contributed by atoms with Crippen molar-refractivity contribution in [3.8, 4) is 5.75 Å². The fourth-order valence-corrected chi connectivity index (χ4v) is 1.68. The Hall–Kier alpha value is -1.67. The fourth-order valence-electron chi connectivity index (χ4n) is 1.22. The Bertz CT molecular complexity index is 504. The van der Waals surface area contributed by atoms with Gasteiger partial charge in [0, 0.05) is 17.0 Å². The van der Waals surface area contributed by atoms with Gasteiger partial charge in [-0.25, -0.2) is 0 Å². The SMILES string of the molecule is CC(N)(CCOc1cc(Br)cc([N+](=O)[O-])c1)C(=O)O. The molecule has 1 unspecified atom stereocenters. The quantitative estimate of drug-likeness (QED) is 0.607. The van der Waals surface area contributed by atoms with Gasteiger partial charge in [0.2, 0.25) is 0 Å². The van der Waals surface area contributed by atoms with Gasteiger partial charge < -0.3 is 15.6 Å². The molecule has 0 spiro atoms. The Labute approximate surface area is 117 Å². The second kappa shape index (κ2) is 5.98. The minimum Gasteiger partial charge on any atom is -0.493 e. The van der Waals surface area contributed by atoms with Gasteiger partial charge in [-0.1, -0.05) is 15.9 Å². The molecule has 7 nitrogen and oxygen atoms in total. The number of carboxylic acid groups (broad SMARTS) is 1. The lowest BCUT2D eigenvalue weighted by molar-refractivity contribution is -0.385. The molecule has 104 valence electrons. The molecular formula is C11H13BrN2O5. The molecular weight excluding hydrogens is 320 g/mol. The number of hydrogen-bond donors (Lipinski definition) is 2. The molecule has 0 bridgehead atoms. The molecule has 0 amide bonds. The van der Waals surface area contributed by atoms with Gasteiger partial charge in [-0.05, 0) is 13.0 Å². The van der Waals surface area contributed by atoms with Gasteiger partial charge in [-0.3, -0.25) is 14.9 Å². The van der Waals surface area contributed by atoms with Crippen LogP contribution in [-0.4, -0.2) is 28.1 Å². The number of nitro benzene ring substituents is 1. The summed E-state index contributed by atoms with van der Waals surface area (Å²) >= 11 is 3.13. The highest BCUT2D eigenvalue weighted by atomic mass is 79.9. The summed E-state index contributed by atoms with van der Waals surface area (Å²) in [6.45, 7) is 1.43. The maximum atomic E-state index is 10.8. The Morgan fingerprint density at radius 2 is 2.21 bits per heavy atom. The first-order valence-corrected chi connectivity index (χ1v) is 6.12. The topological polar surface area (TPSA) is 116 Å². The van der Waals surface area contributed by atoms with E-state index in [0.29, 0.717) is 4.47 Å². The molecule has 0 aliphatic heterocycles. The molecule has 1 aromatic carbocycles. The van der Waals surface area contributed by atoms with Crippen LogP contribution in [0.2, 0.25) is 0 Å². The molecule has 0 saturated heterocycles. The minimum absolute atomic E-state index is 0.0485. The van der Waals surface area contributed by atoms with Crippen LogP contribution in [0.1, 0.15) is 13.3 Å². The number of carbonyl (C=O) groups is 1. The van der Waals surface area contributed by atoms with Crippen molar-refractivity contribution in [2.24, 2.45) is 5.73 Å². The first-order chi connectivity index (χ1) is 8.72. The van der Waals surface area contributed by atoms with E-state index in [4.69, 9.17) is 15.6 Å². The fraction of sp³-hybridized carbons (Fsp3) is 0.364. The lowest BCUT2D eigenvalue weighted by Gasteiger charge is -2.18. The monoisotopic (exact) mass is 332 g/mol. The second-order valence-corrected chi connectivity index (χ2v) is 5.14. The first-order valence-electron chi connectivity index (χ1n) is 5.32. The van der Waals surface area contributed by atoms with E-state index in [2.05, 4.69) is 15.9 Å². The summed E-state index contributed by atoms with van der Waals surface area (Å²) in [6, 6.07) is 4.16. The third-order valence-corrected chi connectivity index (χ3v) is 2.90. The number of halogens is 1. The molecule has 1 rings (SSSR count). The second-order valence-electron chi connectivity index (χ2n) is 4.22. The molecule has 0 heterocycles. The van der Waals surface area contributed by atoms with Crippen molar-refractivity contribution >= 4 is 27.6 Å². The van der Waals surface area contributed by atoms with Gasteiger partial charge >= 0.3 is 5.97 Å². The van der Waals surface area contributed by atoms with Crippen molar-refractivity contribution in [1.82, 2.24) is 0 Å². The number of benzene rings is 1. The first kappa shape index (κ1) is 15.4. The number of ether oxygens (including phenoxy) is 1. The van der Waals surface area contributed by atoms with Gasteiger partial charge in [0.15, 0.2) is 0 Å². The number of non-ortho nitro benzene ring substituents is 1. The molecule has 1 atom stereocenters. The minimum atomic E-state index is -1.39. The van der Waals surface area contributed by atoms with E-state index in [1.807, 2.05) is 0 Å². The highest BCUT2D eigenvalue weighted by molar-refractivity contribution is 9.10. The molecule has 0 aliphatic rings. The molecule has 0 aromatic heterocycles. The molecule has 0 fully saturated rings. The van der Waals surface area contributed by atoms with E-state index in [1.165, 1.54) is 19.1 Å². The van der Waals surface area contributed by atoms with Crippen LogP contribution < -0.4 is 10.5 Å². The predicted octanol–water partition coefficient (Wildman–Crippen LogP) is 1.93. The Balaban J connectivity index is 2.68. The van der Waals surface area contributed by atoms with Gasteiger partial charge in [-0.2, -0.15) is 0 Å². The van der Waals surface area contributed by atoms with E-state index in [0.717, 1.165) is 0 Å². The number of nitrogens with two attached hydrogens (primary N) is 1. The van der Waals surface area contributed by atoms with E-state index >= 15 is 0 Å². The van der Waals surface area contributed by atoms with E-state index in [9.17, 15) is 14.9 Å². The third-order valence-electron chi connectivity index (χ3n) is 2.45. The summed E-state index contributed by atoms with van der Waals surface area (Å²) < 4.78 is 5.79. The maximum Gasteiger partial charge on any atom is 0.323 e. The van der Waals surface area contributed by atoms with Crippen LogP contribution in [0, 0.1) is 10.1 Å². The Kier molecular flexibility index (Phi) is 4.84. The maximum absolute atomic E-state index is 10.8. The zero-order valence-electron chi connectivity index (χ0n) is 10.1. The zero-order valence-corrected chi connectivity index (χ0v) is 11.7. The molecule has 0 radical (unpaired) electrons. The van der Waals surface area contributed by atoms with Gasteiger partial charge in [0.05, 0.1) is 17.6 Å². The molecule has 0 saturated carbocycles. The molecule has 1 aromatic rings. The molecule has 3 N–H and O–H groups in total. The lowest BCUT2D eigenvalue weighted by atomic mass is 10.0. The standard InChI is InChI=1S/C11H13BrN2O5/c1-11(13,10(15)16)2-3-19-9-5-7(12)4-8(6-9)14(17)18/h4-6H,2-3,13H2,1H3,(H,15,16). The van der Waals surface area contributed by atoms with Crippen LogP contribution in [0.15, 0.2) is 22.7 Å². The number of hydrogen-bond acceptors (Lipinski definition) is 5. The largest absolute Gasteiger partial charge is 0.493 e. The summed E-state index contributed by atoms with van der Waals surface area (Å²) in [7, 11) is 0. The highest BCUT2D eigenvalue weighted by Crippen LogP contribution is 2.26. The number of carboxylic acids is 1. The number of rotatable bonds is 6. The predicted molar refractivity (Wildman–Crippen MR) is 71.1 cm³/mol. The van der Waals surface area contributed by atoms with Crippen LogP contribution >= 0.6 is 15.9 Å².